The Bertz CT molecular complexity index is 562. The number of amides is 1. The number of rotatable bonds is 6. The van der Waals surface area contributed by atoms with Gasteiger partial charge in [0.05, 0.1) is 6.54 Å². The molecule has 0 aliphatic carbocycles. The molecule has 138 valence electrons. The number of hydrogen-bond acceptors (Lipinski definition) is 3. The molecule has 0 radical (unpaired) electrons. The van der Waals surface area contributed by atoms with Crippen molar-refractivity contribution in [1.82, 2.24) is 15.5 Å². The van der Waals surface area contributed by atoms with E-state index in [0.29, 0.717) is 29.8 Å². The van der Waals surface area contributed by atoms with Crippen molar-refractivity contribution in [3.05, 3.63) is 35.9 Å². The zero-order valence-corrected chi connectivity index (χ0v) is 16.3. The van der Waals surface area contributed by atoms with E-state index in [1.54, 1.807) is 0 Å². The predicted octanol–water partition coefficient (Wildman–Crippen LogP) is 2.46. The van der Waals surface area contributed by atoms with Crippen molar-refractivity contribution in [2.24, 2.45) is 10.9 Å². The van der Waals surface area contributed by atoms with Gasteiger partial charge in [-0.3, -0.25) is 9.79 Å². The van der Waals surface area contributed by atoms with Crippen LogP contribution in [-0.2, 0) is 0 Å². The van der Waals surface area contributed by atoms with E-state index < -0.39 is 0 Å². The summed E-state index contributed by atoms with van der Waals surface area (Å²) in [6.45, 7) is 10.7. The summed E-state index contributed by atoms with van der Waals surface area (Å²) in [6.07, 6.45) is 0. The number of benzene rings is 1. The van der Waals surface area contributed by atoms with Crippen LogP contribution in [0.1, 0.15) is 31.1 Å². The number of nitrogens with one attached hydrogen (secondary N) is 2. The van der Waals surface area contributed by atoms with Gasteiger partial charge in [-0.2, -0.15) is 11.8 Å². The second-order valence-electron chi connectivity index (χ2n) is 6.46. The summed E-state index contributed by atoms with van der Waals surface area (Å²) in [5.74, 6) is 2.72. The fourth-order valence-corrected chi connectivity index (χ4v) is 4.02. The lowest BCUT2D eigenvalue weighted by atomic mass is 10.1. The second-order valence-corrected chi connectivity index (χ2v) is 7.80. The lowest BCUT2D eigenvalue weighted by Crippen LogP contribution is -2.49. The molecule has 0 aromatic heterocycles. The molecule has 2 N–H and O–H groups in total. The summed E-state index contributed by atoms with van der Waals surface area (Å²) >= 11 is 2.06. The molecule has 1 fully saturated rings. The Hall–Kier alpha value is -1.69. The zero-order chi connectivity index (χ0) is 18.1. The van der Waals surface area contributed by atoms with Crippen molar-refractivity contribution < 1.29 is 4.79 Å². The lowest BCUT2D eigenvalue weighted by Gasteiger charge is -2.36. The predicted molar refractivity (Wildman–Crippen MR) is 107 cm³/mol. The van der Waals surface area contributed by atoms with Gasteiger partial charge in [0.1, 0.15) is 0 Å². The fraction of sp³-hybridized carbons (Fsp3) is 0.579. The minimum Gasteiger partial charge on any atom is -0.357 e. The average Bonchev–Trinajstić information content (AvgIpc) is 2.65. The van der Waals surface area contributed by atoms with E-state index >= 15 is 0 Å². The molecular weight excluding hydrogens is 332 g/mol. The summed E-state index contributed by atoms with van der Waals surface area (Å²) in [5, 5.41) is 6.96. The Kier molecular flexibility index (Phi) is 8.12. The Morgan fingerprint density at radius 1 is 1.32 bits per heavy atom. The van der Waals surface area contributed by atoms with Gasteiger partial charge in [-0.1, -0.05) is 32.0 Å². The Morgan fingerprint density at radius 3 is 2.76 bits per heavy atom. The summed E-state index contributed by atoms with van der Waals surface area (Å²) in [6, 6.07) is 9.29. The highest BCUT2D eigenvalue weighted by atomic mass is 32.2. The molecule has 1 atom stereocenters. The highest BCUT2D eigenvalue weighted by Gasteiger charge is 2.24. The van der Waals surface area contributed by atoms with E-state index in [0.717, 1.165) is 31.3 Å². The normalized spacial score (nSPS) is 18.3. The van der Waals surface area contributed by atoms with Gasteiger partial charge in [0.25, 0.3) is 5.91 Å². The number of carbonyl (C=O) groups is 1. The third-order valence-electron chi connectivity index (χ3n) is 4.17. The Morgan fingerprint density at radius 2 is 2.08 bits per heavy atom. The SMILES string of the molecule is CCNC(=NCCNC(=O)c1ccccc1)N1CCSC(C(C)C)C1. The van der Waals surface area contributed by atoms with Crippen LogP contribution >= 0.6 is 11.8 Å². The van der Waals surface area contributed by atoms with Crippen molar-refractivity contribution in [3.63, 3.8) is 0 Å². The zero-order valence-electron chi connectivity index (χ0n) is 15.5. The topological polar surface area (TPSA) is 56.7 Å². The molecule has 25 heavy (non-hydrogen) atoms. The largest absolute Gasteiger partial charge is 0.357 e. The van der Waals surface area contributed by atoms with Gasteiger partial charge < -0.3 is 15.5 Å². The van der Waals surface area contributed by atoms with Crippen molar-refractivity contribution >= 4 is 23.6 Å². The van der Waals surface area contributed by atoms with Gasteiger partial charge in [-0.25, -0.2) is 0 Å². The molecule has 1 aliphatic rings. The second kappa shape index (κ2) is 10.3. The average molecular weight is 363 g/mol. The van der Waals surface area contributed by atoms with Crippen molar-refractivity contribution in [3.8, 4) is 0 Å². The maximum absolute atomic E-state index is 12.0. The van der Waals surface area contributed by atoms with Crippen LogP contribution in [-0.4, -0.2) is 60.5 Å². The van der Waals surface area contributed by atoms with Gasteiger partial charge in [0, 0.05) is 42.7 Å². The minimum absolute atomic E-state index is 0.0463. The maximum Gasteiger partial charge on any atom is 0.251 e. The van der Waals surface area contributed by atoms with Crippen LogP contribution in [0.5, 0.6) is 0 Å². The van der Waals surface area contributed by atoms with Crippen LogP contribution in [0.3, 0.4) is 0 Å². The van der Waals surface area contributed by atoms with Crippen LogP contribution < -0.4 is 10.6 Å². The van der Waals surface area contributed by atoms with E-state index in [4.69, 9.17) is 4.99 Å². The smallest absolute Gasteiger partial charge is 0.251 e. The van der Waals surface area contributed by atoms with Crippen LogP contribution in [0, 0.1) is 5.92 Å². The molecule has 0 spiro atoms. The third kappa shape index (κ3) is 6.27. The maximum atomic E-state index is 12.0. The van der Waals surface area contributed by atoms with Crippen LogP contribution in [0.4, 0.5) is 0 Å². The van der Waals surface area contributed by atoms with Crippen molar-refractivity contribution in [1.29, 1.82) is 0 Å². The van der Waals surface area contributed by atoms with E-state index in [2.05, 4.69) is 48.1 Å². The minimum atomic E-state index is -0.0463. The van der Waals surface area contributed by atoms with E-state index in [9.17, 15) is 4.79 Å². The molecule has 1 aromatic carbocycles. The lowest BCUT2D eigenvalue weighted by molar-refractivity contribution is 0.0955. The molecule has 2 rings (SSSR count). The monoisotopic (exact) mass is 362 g/mol. The third-order valence-corrected chi connectivity index (χ3v) is 5.71. The Balaban J connectivity index is 1.86. The van der Waals surface area contributed by atoms with E-state index in [1.807, 2.05) is 30.3 Å². The molecule has 1 unspecified atom stereocenters. The number of guanidine groups is 1. The highest BCUT2D eigenvalue weighted by Crippen LogP contribution is 2.24. The number of nitrogens with zero attached hydrogens (tertiary/aromatic N) is 2. The first kappa shape index (κ1) is 19.6. The molecule has 5 nitrogen and oxygen atoms in total. The first-order chi connectivity index (χ1) is 12.1. The number of hydrogen-bond donors (Lipinski definition) is 2. The van der Waals surface area contributed by atoms with Crippen molar-refractivity contribution in [2.45, 2.75) is 26.0 Å². The summed E-state index contributed by atoms with van der Waals surface area (Å²) < 4.78 is 0. The van der Waals surface area contributed by atoms with Gasteiger partial charge in [0.2, 0.25) is 0 Å². The number of thioether (sulfide) groups is 1. The number of carbonyl (C=O) groups excluding carboxylic acids is 1. The van der Waals surface area contributed by atoms with Crippen LogP contribution in [0.15, 0.2) is 35.3 Å². The number of aliphatic imine (C=N–C) groups is 1. The molecule has 1 saturated heterocycles. The Labute approximate surface area is 155 Å². The molecule has 1 amide bonds. The molecular formula is C19H30N4OS. The molecule has 0 bridgehead atoms. The van der Waals surface area contributed by atoms with Gasteiger partial charge in [0.15, 0.2) is 5.96 Å². The fourth-order valence-electron chi connectivity index (χ4n) is 2.72. The molecule has 6 heteroatoms. The first-order valence-corrected chi connectivity index (χ1v) is 10.1. The van der Waals surface area contributed by atoms with Crippen LogP contribution in [0.2, 0.25) is 0 Å². The van der Waals surface area contributed by atoms with Gasteiger partial charge >= 0.3 is 0 Å². The van der Waals surface area contributed by atoms with Crippen molar-refractivity contribution in [2.75, 3.05) is 38.5 Å². The molecule has 1 aromatic rings. The van der Waals surface area contributed by atoms with E-state index in [-0.39, 0.29) is 5.91 Å². The summed E-state index contributed by atoms with van der Waals surface area (Å²) in [7, 11) is 0. The van der Waals surface area contributed by atoms with Gasteiger partial charge in [-0.05, 0) is 25.0 Å². The quantitative estimate of drug-likeness (QED) is 0.464. The van der Waals surface area contributed by atoms with Crippen LogP contribution in [0.25, 0.3) is 0 Å². The molecule has 0 saturated carbocycles. The standard InChI is InChI=1S/C19H30N4OS/c1-4-20-19(23-12-13-25-17(14-23)15(2)3)22-11-10-21-18(24)16-8-6-5-7-9-16/h5-9,15,17H,4,10-14H2,1-3H3,(H,20,22)(H,21,24). The van der Waals surface area contributed by atoms with Gasteiger partial charge in [-0.15, -0.1) is 0 Å². The summed E-state index contributed by atoms with van der Waals surface area (Å²) in [4.78, 5) is 19.1. The molecule has 1 aliphatic heterocycles. The highest BCUT2D eigenvalue weighted by molar-refractivity contribution is 8.00. The summed E-state index contributed by atoms with van der Waals surface area (Å²) in [5.41, 5.74) is 0.686. The van der Waals surface area contributed by atoms with E-state index in [1.165, 1.54) is 0 Å². The first-order valence-electron chi connectivity index (χ1n) is 9.10. The molecule has 1 heterocycles.